The number of nitrogens with one attached hydrogen (secondary N) is 1. The molecule has 26 heavy (non-hydrogen) atoms. The molecule has 1 N–H and O–H groups in total. The number of rotatable bonds is 6. The Bertz CT molecular complexity index is 883. The zero-order valence-electron chi connectivity index (χ0n) is 13.1. The molecule has 0 aliphatic carbocycles. The van der Waals surface area contributed by atoms with Crippen molar-refractivity contribution in [3.05, 3.63) is 74.3 Å². The standard InChI is InChI=1S/C17H12Cl2N2O5/c18-12-6-7-14(15(9-12)21(24)25)20-16(22)10-26-17(23)8-5-11-3-1-2-4-13(11)19/h1-9H,10H2,(H,20,22)/b8-5+. The van der Waals surface area contributed by atoms with Crippen molar-refractivity contribution in [2.24, 2.45) is 0 Å². The summed E-state index contributed by atoms with van der Waals surface area (Å²) in [6.45, 7) is -0.606. The van der Waals surface area contributed by atoms with Crippen LogP contribution in [0.25, 0.3) is 6.08 Å². The number of nitro groups is 1. The number of nitrogens with zero attached hydrogens (tertiary/aromatic N) is 1. The van der Waals surface area contributed by atoms with E-state index in [0.29, 0.717) is 10.6 Å². The summed E-state index contributed by atoms with van der Waals surface area (Å²) in [6.07, 6.45) is 2.58. The van der Waals surface area contributed by atoms with Crippen LogP contribution in [-0.2, 0) is 14.3 Å². The van der Waals surface area contributed by atoms with Gasteiger partial charge in [0.2, 0.25) is 0 Å². The van der Waals surface area contributed by atoms with Crippen LogP contribution in [0, 0.1) is 10.1 Å². The Morgan fingerprint density at radius 3 is 2.62 bits per heavy atom. The van der Waals surface area contributed by atoms with E-state index in [9.17, 15) is 19.7 Å². The minimum atomic E-state index is -0.759. The lowest BCUT2D eigenvalue weighted by atomic mass is 10.2. The van der Waals surface area contributed by atoms with Gasteiger partial charge in [-0.2, -0.15) is 0 Å². The highest BCUT2D eigenvalue weighted by Crippen LogP contribution is 2.27. The van der Waals surface area contributed by atoms with Gasteiger partial charge in [-0.1, -0.05) is 41.4 Å². The number of anilines is 1. The molecular weight excluding hydrogens is 383 g/mol. The van der Waals surface area contributed by atoms with Crippen LogP contribution >= 0.6 is 23.2 Å². The number of ether oxygens (including phenoxy) is 1. The third kappa shape index (κ3) is 5.58. The molecule has 134 valence electrons. The van der Waals surface area contributed by atoms with Gasteiger partial charge in [-0.15, -0.1) is 0 Å². The maximum absolute atomic E-state index is 11.8. The molecule has 0 heterocycles. The number of carbonyl (C=O) groups is 2. The molecule has 0 bridgehead atoms. The van der Waals surface area contributed by atoms with Crippen LogP contribution in [0.4, 0.5) is 11.4 Å². The molecule has 2 aromatic carbocycles. The van der Waals surface area contributed by atoms with Crippen LogP contribution in [0.2, 0.25) is 10.0 Å². The smallest absolute Gasteiger partial charge is 0.331 e. The summed E-state index contributed by atoms with van der Waals surface area (Å²) in [5, 5.41) is 13.9. The van der Waals surface area contributed by atoms with Gasteiger partial charge in [0.25, 0.3) is 11.6 Å². The van der Waals surface area contributed by atoms with Gasteiger partial charge >= 0.3 is 5.97 Å². The first-order valence-corrected chi connectivity index (χ1v) is 7.95. The third-order valence-corrected chi connectivity index (χ3v) is 3.66. The van der Waals surface area contributed by atoms with E-state index in [1.165, 1.54) is 18.2 Å². The van der Waals surface area contributed by atoms with Crippen molar-refractivity contribution >= 4 is 52.5 Å². The van der Waals surface area contributed by atoms with Gasteiger partial charge in [0.15, 0.2) is 6.61 Å². The monoisotopic (exact) mass is 394 g/mol. The molecule has 2 rings (SSSR count). The molecule has 0 saturated heterocycles. The van der Waals surface area contributed by atoms with E-state index in [4.69, 9.17) is 27.9 Å². The fourth-order valence-corrected chi connectivity index (χ4v) is 2.27. The number of carbonyl (C=O) groups excluding carboxylic acids is 2. The summed E-state index contributed by atoms with van der Waals surface area (Å²) >= 11 is 11.6. The number of hydrogen-bond acceptors (Lipinski definition) is 5. The minimum absolute atomic E-state index is 0.0490. The first-order chi connectivity index (χ1) is 12.4. The average molecular weight is 395 g/mol. The number of nitro benzene ring substituents is 1. The Morgan fingerprint density at radius 1 is 1.19 bits per heavy atom. The molecule has 0 aliphatic heterocycles. The van der Waals surface area contributed by atoms with Crippen LogP contribution in [0.1, 0.15) is 5.56 Å². The second kappa shape index (κ2) is 8.98. The van der Waals surface area contributed by atoms with Crippen LogP contribution in [0.3, 0.4) is 0 Å². The molecular formula is C17H12Cl2N2O5. The van der Waals surface area contributed by atoms with Crippen molar-refractivity contribution < 1.29 is 19.2 Å². The lowest BCUT2D eigenvalue weighted by molar-refractivity contribution is -0.383. The maximum Gasteiger partial charge on any atom is 0.331 e. The van der Waals surface area contributed by atoms with Crippen LogP contribution in [0.5, 0.6) is 0 Å². The van der Waals surface area contributed by atoms with Crippen LogP contribution in [0.15, 0.2) is 48.5 Å². The summed E-state index contributed by atoms with van der Waals surface area (Å²) in [5.41, 5.74) is 0.204. The molecule has 0 saturated carbocycles. The van der Waals surface area contributed by atoms with E-state index >= 15 is 0 Å². The summed E-state index contributed by atoms with van der Waals surface area (Å²) < 4.78 is 4.78. The fraction of sp³-hybridized carbons (Fsp3) is 0.0588. The van der Waals surface area contributed by atoms with Crippen molar-refractivity contribution in [2.45, 2.75) is 0 Å². The van der Waals surface area contributed by atoms with Crippen molar-refractivity contribution in [2.75, 3.05) is 11.9 Å². The lowest BCUT2D eigenvalue weighted by Gasteiger charge is -2.06. The summed E-state index contributed by atoms with van der Waals surface area (Å²) in [4.78, 5) is 33.7. The summed E-state index contributed by atoms with van der Waals surface area (Å²) in [6, 6.07) is 10.7. The largest absolute Gasteiger partial charge is 0.452 e. The first kappa shape index (κ1) is 19.4. The summed E-state index contributed by atoms with van der Waals surface area (Å²) in [7, 11) is 0. The molecule has 0 atom stereocenters. The Kier molecular flexibility index (Phi) is 6.71. The van der Waals surface area contributed by atoms with Gasteiger partial charge < -0.3 is 10.1 Å². The molecule has 0 aliphatic rings. The number of benzene rings is 2. The summed E-state index contributed by atoms with van der Waals surface area (Å²) in [5.74, 6) is -1.49. The van der Waals surface area contributed by atoms with Crippen LogP contribution in [-0.4, -0.2) is 23.4 Å². The molecule has 0 spiro atoms. The Morgan fingerprint density at radius 2 is 1.92 bits per heavy atom. The average Bonchev–Trinajstić information content (AvgIpc) is 2.60. The molecule has 2 aromatic rings. The van der Waals surface area contributed by atoms with Crippen molar-refractivity contribution in [3.8, 4) is 0 Å². The van der Waals surface area contributed by atoms with Gasteiger partial charge in [-0.05, 0) is 29.8 Å². The predicted molar refractivity (Wildman–Crippen MR) is 98.2 cm³/mol. The van der Waals surface area contributed by atoms with E-state index in [2.05, 4.69) is 5.32 Å². The molecule has 9 heteroatoms. The zero-order valence-corrected chi connectivity index (χ0v) is 14.7. The molecule has 0 fully saturated rings. The Labute approximate surface area is 158 Å². The first-order valence-electron chi connectivity index (χ1n) is 7.20. The minimum Gasteiger partial charge on any atom is -0.452 e. The highest BCUT2D eigenvalue weighted by atomic mass is 35.5. The predicted octanol–water partition coefficient (Wildman–Crippen LogP) is 4.10. The second-order valence-corrected chi connectivity index (χ2v) is 5.77. The second-order valence-electron chi connectivity index (χ2n) is 4.93. The molecule has 0 radical (unpaired) electrons. The van der Waals surface area contributed by atoms with E-state index < -0.39 is 23.4 Å². The number of halogens is 2. The van der Waals surface area contributed by atoms with Gasteiger partial charge in [-0.25, -0.2) is 4.79 Å². The Hall–Kier alpha value is -2.90. The SMILES string of the molecule is O=C(COC(=O)/C=C/c1ccccc1Cl)Nc1ccc(Cl)cc1[N+](=O)[O-]. The lowest BCUT2D eigenvalue weighted by Crippen LogP contribution is -2.20. The normalized spacial score (nSPS) is 10.5. The number of hydrogen-bond donors (Lipinski definition) is 1. The molecule has 0 aromatic heterocycles. The topological polar surface area (TPSA) is 98.5 Å². The zero-order chi connectivity index (χ0) is 19.1. The van der Waals surface area contributed by atoms with E-state index in [0.717, 1.165) is 12.1 Å². The molecule has 0 unspecified atom stereocenters. The van der Waals surface area contributed by atoms with Crippen LogP contribution < -0.4 is 5.32 Å². The number of esters is 1. The van der Waals surface area contributed by atoms with E-state index in [1.807, 2.05) is 0 Å². The Balaban J connectivity index is 1.92. The van der Waals surface area contributed by atoms with Gasteiger partial charge in [0.05, 0.1) is 4.92 Å². The van der Waals surface area contributed by atoms with Gasteiger partial charge in [0.1, 0.15) is 5.69 Å². The van der Waals surface area contributed by atoms with Gasteiger partial charge in [-0.3, -0.25) is 14.9 Å². The van der Waals surface area contributed by atoms with Crippen molar-refractivity contribution in [1.82, 2.24) is 0 Å². The fourth-order valence-electron chi connectivity index (χ4n) is 1.90. The van der Waals surface area contributed by atoms with E-state index in [1.54, 1.807) is 24.3 Å². The third-order valence-electron chi connectivity index (χ3n) is 3.08. The highest BCUT2D eigenvalue weighted by molar-refractivity contribution is 6.32. The number of amides is 1. The molecule has 1 amide bonds. The highest BCUT2D eigenvalue weighted by Gasteiger charge is 2.17. The van der Waals surface area contributed by atoms with Crippen molar-refractivity contribution in [1.29, 1.82) is 0 Å². The molecule has 7 nitrogen and oxygen atoms in total. The quantitative estimate of drug-likeness (QED) is 0.344. The van der Waals surface area contributed by atoms with Gasteiger partial charge in [0, 0.05) is 22.2 Å². The van der Waals surface area contributed by atoms with E-state index in [-0.39, 0.29) is 16.4 Å². The van der Waals surface area contributed by atoms with Crippen molar-refractivity contribution in [3.63, 3.8) is 0 Å². The maximum atomic E-state index is 11.8.